The molecular formula is C34H27NO. The van der Waals surface area contributed by atoms with Crippen LogP contribution in [0.5, 0.6) is 0 Å². The molecule has 5 aromatic carbocycles. The molecule has 6 aromatic rings. The highest BCUT2D eigenvalue weighted by molar-refractivity contribution is 6.06. The molecule has 1 aliphatic carbocycles. The Bertz CT molecular complexity index is 1800. The summed E-state index contributed by atoms with van der Waals surface area (Å²) < 4.78 is 6.02. The number of para-hydroxylation sites is 1. The van der Waals surface area contributed by atoms with Gasteiger partial charge in [0.25, 0.3) is 0 Å². The van der Waals surface area contributed by atoms with E-state index in [-0.39, 0.29) is 5.41 Å². The van der Waals surface area contributed by atoms with Crippen molar-refractivity contribution in [2.45, 2.75) is 26.2 Å². The fraction of sp³-hybridized carbons (Fsp3) is 0.118. The van der Waals surface area contributed by atoms with Crippen molar-refractivity contribution in [3.05, 3.63) is 120 Å². The molecule has 0 spiro atoms. The van der Waals surface area contributed by atoms with Crippen molar-refractivity contribution < 1.29 is 4.42 Å². The minimum absolute atomic E-state index is 0.0319. The van der Waals surface area contributed by atoms with Crippen molar-refractivity contribution in [1.82, 2.24) is 0 Å². The van der Waals surface area contributed by atoms with Crippen LogP contribution in [-0.2, 0) is 5.41 Å². The number of hydrogen-bond donors (Lipinski definition) is 1. The quantitative estimate of drug-likeness (QED) is 0.281. The lowest BCUT2D eigenvalue weighted by molar-refractivity contribution is 0.660. The van der Waals surface area contributed by atoms with Crippen LogP contribution in [0.3, 0.4) is 0 Å². The van der Waals surface area contributed by atoms with Gasteiger partial charge in [0.2, 0.25) is 0 Å². The smallest absolute Gasteiger partial charge is 0.135 e. The van der Waals surface area contributed by atoms with Gasteiger partial charge in [-0.15, -0.1) is 0 Å². The lowest BCUT2D eigenvalue weighted by Crippen LogP contribution is -2.14. The van der Waals surface area contributed by atoms with Crippen LogP contribution < -0.4 is 5.32 Å². The number of nitrogens with one attached hydrogen (secondary N) is 1. The Balaban J connectivity index is 1.22. The van der Waals surface area contributed by atoms with E-state index in [1.54, 1.807) is 0 Å². The summed E-state index contributed by atoms with van der Waals surface area (Å²) in [5, 5.41) is 5.96. The van der Waals surface area contributed by atoms with E-state index in [0.29, 0.717) is 0 Å². The molecule has 0 aliphatic heterocycles. The van der Waals surface area contributed by atoms with Gasteiger partial charge in [0.05, 0.1) is 0 Å². The number of anilines is 2. The van der Waals surface area contributed by atoms with E-state index in [1.165, 1.54) is 38.9 Å². The molecule has 1 N–H and O–H groups in total. The maximum atomic E-state index is 6.02. The number of hydrogen-bond acceptors (Lipinski definition) is 2. The minimum atomic E-state index is 0.0319. The molecule has 7 rings (SSSR count). The third-order valence-electron chi connectivity index (χ3n) is 7.79. The van der Waals surface area contributed by atoms with Crippen molar-refractivity contribution in [1.29, 1.82) is 0 Å². The normalized spacial score (nSPS) is 13.6. The van der Waals surface area contributed by atoms with Gasteiger partial charge in [0.15, 0.2) is 0 Å². The van der Waals surface area contributed by atoms with E-state index in [1.807, 2.05) is 12.1 Å². The number of rotatable bonds is 3. The first-order valence-corrected chi connectivity index (χ1v) is 12.5. The summed E-state index contributed by atoms with van der Waals surface area (Å²) in [6.45, 7) is 6.81. The second kappa shape index (κ2) is 7.60. The fourth-order valence-electron chi connectivity index (χ4n) is 5.92. The summed E-state index contributed by atoms with van der Waals surface area (Å²) in [6, 6.07) is 36.9. The lowest BCUT2D eigenvalue weighted by Gasteiger charge is -2.21. The van der Waals surface area contributed by atoms with Crippen LogP contribution in [-0.4, -0.2) is 0 Å². The second-order valence-electron chi connectivity index (χ2n) is 10.4. The maximum Gasteiger partial charge on any atom is 0.135 e. The summed E-state index contributed by atoms with van der Waals surface area (Å²) in [5.74, 6) is 0. The third kappa shape index (κ3) is 3.11. The van der Waals surface area contributed by atoms with Gasteiger partial charge in [0, 0.05) is 27.6 Å². The van der Waals surface area contributed by atoms with Crippen LogP contribution in [0, 0.1) is 6.92 Å². The summed E-state index contributed by atoms with van der Waals surface area (Å²) in [6.07, 6.45) is 0. The molecule has 0 amide bonds. The van der Waals surface area contributed by atoms with Crippen LogP contribution in [0.15, 0.2) is 108 Å². The number of benzene rings is 5. The van der Waals surface area contributed by atoms with Gasteiger partial charge < -0.3 is 9.73 Å². The molecule has 0 unspecified atom stereocenters. The second-order valence-corrected chi connectivity index (χ2v) is 10.4. The van der Waals surface area contributed by atoms with E-state index < -0.39 is 0 Å². The summed E-state index contributed by atoms with van der Waals surface area (Å²) in [7, 11) is 0. The molecule has 0 radical (unpaired) electrons. The fourth-order valence-corrected chi connectivity index (χ4v) is 5.92. The van der Waals surface area contributed by atoms with Gasteiger partial charge in [-0.25, -0.2) is 0 Å². The molecular weight excluding hydrogens is 438 g/mol. The van der Waals surface area contributed by atoms with Crippen molar-refractivity contribution in [2.75, 3.05) is 5.32 Å². The summed E-state index contributed by atoms with van der Waals surface area (Å²) >= 11 is 0. The van der Waals surface area contributed by atoms with E-state index in [4.69, 9.17) is 4.42 Å². The van der Waals surface area contributed by atoms with E-state index in [0.717, 1.165) is 33.3 Å². The zero-order chi connectivity index (χ0) is 24.4. The first-order chi connectivity index (χ1) is 17.5. The Morgan fingerprint density at radius 1 is 0.583 bits per heavy atom. The molecule has 0 saturated carbocycles. The Morgan fingerprint density at radius 2 is 1.31 bits per heavy atom. The summed E-state index contributed by atoms with van der Waals surface area (Å²) in [5.41, 5.74) is 13.2. The van der Waals surface area contributed by atoms with Crippen molar-refractivity contribution in [3.8, 4) is 22.3 Å². The molecule has 0 saturated heterocycles. The van der Waals surface area contributed by atoms with Crippen LogP contribution in [0.4, 0.5) is 11.4 Å². The Morgan fingerprint density at radius 3 is 2.19 bits per heavy atom. The molecule has 0 bridgehead atoms. The predicted molar refractivity (Wildman–Crippen MR) is 151 cm³/mol. The molecule has 1 aromatic heterocycles. The average molecular weight is 466 g/mol. The van der Waals surface area contributed by atoms with Crippen LogP contribution in [0.1, 0.15) is 30.5 Å². The highest BCUT2D eigenvalue weighted by atomic mass is 16.3. The van der Waals surface area contributed by atoms with Crippen molar-refractivity contribution >= 4 is 33.3 Å². The molecule has 2 nitrogen and oxygen atoms in total. The van der Waals surface area contributed by atoms with Gasteiger partial charge in [-0.2, -0.15) is 0 Å². The van der Waals surface area contributed by atoms with E-state index in [2.05, 4.69) is 117 Å². The number of aryl methyl sites for hydroxylation is 1. The molecule has 36 heavy (non-hydrogen) atoms. The van der Waals surface area contributed by atoms with Gasteiger partial charge in [-0.1, -0.05) is 74.5 Å². The van der Waals surface area contributed by atoms with Crippen molar-refractivity contribution in [2.24, 2.45) is 0 Å². The zero-order valence-electron chi connectivity index (χ0n) is 20.7. The Kier molecular flexibility index (Phi) is 4.44. The lowest BCUT2D eigenvalue weighted by atomic mass is 9.82. The predicted octanol–water partition coefficient (Wildman–Crippen LogP) is 9.61. The molecule has 2 heteroatoms. The highest BCUT2D eigenvalue weighted by Gasteiger charge is 2.35. The standard InChI is InChI=1S/C34H27NO/c1-21-18-23(35-24-14-16-31-28(20-24)26-8-4-6-10-30(26)34(31,2)3)13-15-25(21)22-12-17-33-29(19-22)27-9-5-7-11-32(27)36-33/h4-20,35H,1-3H3. The Hall–Kier alpha value is -4.30. The van der Waals surface area contributed by atoms with Crippen molar-refractivity contribution in [3.63, 3.8) is 0 Å². The zero-order valence-corrected chi connectivity index (χ0v) is 20.7. The monoisotopic (exact) mass is 465 g/mol. The average Bonchev–Trinajstić information content (AvgIpc) is 3.36. The molecule has 1 aliphatic rings. The number of furan rings is 1. The highest BCUT2D eigenvalue weighted by Crippen LogP contribution is 2.49. The molecule has 1 heterocycles. The van der Waals surface area contributed by atoms with Gasteiger partial charge in [-0.05, 0) is 88.3 Å². The van der Waals surface area contributed by atoms with Crippen LogP contribution in [0.25, 0.3) is 44.2 Å². The maximum absolute atomic E-state index is 6.02. The van der Waals surface area contributed by atoms with Gasteiger partial charge in [0.1, 0.15) is 11.2 Å². The molecule has 0 atom stereocenters. The Labute approximate surface area is 211 Å². The van der Waals surface area contributed by atoms with Crippen LogP contribution >= 0.6 is 0 Å². The first kappa shape index (κ1) is 21.0. The van der Waals surface area contributed by atoms with E-state index >= 15 is 0 Å². The SMILES string of the molecule is Cc1cc(Nc2ccc3c(c2)-c2ccccc2C3(C)C)ccc1-c1ccc2oc3ccccc3c2c1. The summed E-state index contributed by atoms with van der Waals surface area (Å²) in [4.78, 5) is 0. The molecule has 0 fully saturated rings. The van der Waals surface area contributed by atoms with Gasteiger partial charge >= 0.3 is 0 Å². The third-order valence-corrected chi connectivity index (χ3v) is 7.79. The number of fused-ring (bicyclic) bond motifs is 6. The first-order valence-electron chi connectivity index (χ1n) is 12.5. The minimum Gasteiger partial charge on any atom is -0.456 e. The van der Waals surface area contributed by atoms with Crippen LogP contribution in [0.2, 0.25) is 0 Å². The molecule has 174 valence electrons. The van der Waals surface area contributed by atoms with E-state index in [9.17, 15) is 0 Å². The topological polar surface area (TPSA) is 25.2 Å². The largest absolute Gasteiger partial charge is 0.456 e. The van der Waals surface area contributed by atoms with Gasteiger partial charge in [-0.3, -0.25) is 0 Å².